The van der Waals surface area contributed by atoms with Gasteiger partial charge in [-0.15, -0.1) is 0 Å². The van der Waals surface area contributed by atoms with Gasteiger partial charge in [-0.3, -0.25) is 4.90 Å². The number of ether oxygens (including phenoxy) is 1. The van der Waals surface area contributed by atoms with Gasteiger partial charge in [-0.05, 0) is 40.2 Å². The summed E-state index contributed by atoms with van der Waals surface area (Å²) >= 11 is 0. The molecule has 20 heavy (non-hydrogen) atoms. The molecule has 0 bridgehead atoms. The van der Waals surface area contributed by atoms with Crippen LogP contribution < -0.4 is 10.6 Å². The van der Waals surface area contributed by atoms with E-state index in [9.17, 15) is 10.1 Å². The zero-order chi connectivity index (χ0) is 15.0. The Balaban J connectivity index is 2.31. The third-order valence-corrected chi connectivity index (χ3v) is 3.05. The van der Waals surface area contributed by atoms with Gasteiger partial charge < -0.3 is 15.4 Å². The molecule has 0 aromatic heterocycles. The molecule has 0 aliphatic carbocycles. The Bertz CT molecular complexity index is 338. The van der Waals surface area contributed by atoms with E-state index in [0.717, 1.165) is 32.6 Å². The van der Waals surface area contributed by atoms with E-state index in [1.165, 1.54) is 0 Å². The quantitative estimate of drug-likeness (QED) is 0.807. The Morgan fingerprint density at radius 3 is 2.85 bits per heavy atom. The lowest BCUT2D eigenvalue weighted by Crippen LogP contribution is -2.40. The van der Waals surface area contributed by atoms with Gasteiger partial charge in [-0.1, -0.05) is 0 Å². The summed E-state index contributed by atoms with van der Waals surface area (Å²) < 4.78 is 5.16. The molecule has 0 radical (unpaired) electrons. The van der Waals surface area contributed by atoms with Crippen molar-refractivity contribution in [2.45, 2.75) is 45.3 Å². The molecule has 1 aliphatic heterocycles. The van der Waals surface area contributed by atoms with Crippen molar-refractivity contribution in [3.05, 3.63) is 0 Å². The Kier molecular flexibility index (Phi) is 6.76. The van der Waals surface area contributed by atoms with Crippen LogP contribution in [0.5, 0.6) is 0 Å². The van der Waals surface area contributed by atoms with Gasteiger partial charge >= 0.3 is 6.09 Å². The Morgan fingerprint density at radius 2 is 2.20 bits per heavy atom. The number of nitrogens with zero attached hydrogens (tertiary/aromatic N) is 2. The fourth-order valence-electron chi connectivity index (χ4n) is 2.13. The summed E-state index contributed by atoms with van der Waals surface area (Å²) in [5, 5.41) is 15.3. The first-order valence-electron chi connectivity index (χ1n) is 7.23. The molecule has 0 saturated carbocycles. The smallest absolute Gasteiger partial charge is 0.407 e. The van der Waals surface area contributed by atoms with Crippen LogP contribution in [-0.4, -0.2) is 55.4 Å². The molecule has 0 aromatic carbocycles. The fourth-order valence-corrected chi connectivity index (χ4v) is 2.13. The van der Waals surface area contributed by atoms with Crippen LogP contribution in [0.3, 0.4) is 0 Å². The number of hydrogen-bond acceptors (Lipinski definition) is 5. The zero-order valence-corrected chi connectivity index (χ0v) is 12.7. The highest BCUT2D eigenvalue weighted by Gasteiger charge is 2.20. The van der Waals surface area contributed by atoms with E-state index >= 15 is 0 Å². The van der Waals surface area contributed by atoms with Crippen LogP contribution in [0.25, 0.3) is 0 Å². The van der Waals surface area contributed by atoms with E-state index < -0.39 is 11.7 Å². The van der Waals surface area contributed by atoms with Gasteiger partial charge in [-0.25, -0.2) is 4.79 Å². The number of alkyl carbamates (subject to hydrolysis) is 1. The number of amides is 1. The Morgan fingerprint density at radius 1 is 1.45 bits per heavy atom. The molecule has 1 amide bonds. The normalized spacial score (nSPS) is 18.7. The largest absolute Gasteiger partial charge is 0.444 e. The SMILES string of the molecule is CC(C)(C)OC(=O)NCCC(C#N)N1CCCNCC1. The van der Waals surface area contributed by atoms with Crippen LogP contribution in [-0.2, 0) is 4.74 Å². The van der Waals surface area contributed by atoms with Gasteiger partial charge in [0.25, 0.3) is 0 Å². The van der Waals surface area contributed by atoms with Gasteiger partial charge in [0.15, 0.2) is 0 Å². The topological polar surface area (TPSA) is 77.4 Å². The van der Waals surface area contributed by atoms with Crippen molar-refractivity contribution in [2.24, 2.45) is 0 Å². The van der Waals surface area contributed by atoms with Crippen molar-refractivity contribution < 1.29 is 9.53 Å². The van der Waals surface area contributed by atoms with Crippen LogP contribution in [0.1, 0.15) is 33.6 Å². The molecule has 2 N–H and O–H groups in total. The second-order valence-corrected chi connectivity index (χ2v) is 6.00. The summed E-state index contributed by atoms with van der Waals surface area (Å²) in [6, 6.07) is 2.18. The van der Waals surface area contributed by atoms with Crippen molar-refractivity contribution in [1.82, 2.24) is 15.5 Å². The van der Waals surface area contributed by atoms with Gasteiger partial charge in [0.05, 0.1) is 12.1 Å². The van der Waals surface area contributed by atoms with Gasteiger partial charge in [0.1, 0.15) is 5.60 Å². The van der Waals surface area contributed by atoms with E-state index in [2.05, 4.69) is 21.6 Å². The van der Waals surface area contributed by atoms with Crippen LogP contribution in [0.15, 0.2) is 0 Å². The summed E-state index contributed by atoms with van der Waals surface area (Å²) in [7, 11) is 0. The van der Waals surface area contributed by atoms with E-state index in [4.69, 9.17) is 4.74 Å². The van der Waals surface area contributed by atoms with E-state index in [-0.39, 0.29) is 6.04 Å². The van der Waals surface area contributed by atoms with E-state index in [0.29, 0.717) is 13.0 Å². The van der Waals surface area contributed by atoms with Crippen LogP contribution in [0, 0.1) is 11.3 Å². The lowest BCUT2D eigenvalue weighted by molar-refractivity contribution is 0.0524. The molecule has 6 heteroatoms. The highest BCUT2D eigenvalue weighted by Crippen LogP contribution is 2.08. The number of carbonyl (C=O) groups excluding carboxylic acids is 1. The third-order valence-electron chi connectivity index (χ3n) is 3.05. The predicted octanol–water partition coefficient (Wildman–Crippen LogP) is 1.09. The third kappa shape index (κ3) is 6.73. The maximum atomic E-state index is 11.5. The lowest BCUT2D eigenvalue weighted by Gasteiger charge is -2.25. The average molecular weight is 282 g/mol. The summed E-state index contributed by atoms with van der Waals surface area (Å²) in [6.07, 6.45) is 1.25. The van der Waals surface area contributed by atoms with Crippen molar-refractivity contribution in [2.75, 3.05) is 32.7 Å². The molecule has 1 heterocycles. The molecule has 1 aliphatic rings. The minimum atomic E-state index is -0.491. The van der Waals surface area contributed by atoms with Gasteiger partial charge in [0.2, 0.25) is 0 Å². The average Bonchev–Trinajstić information content (AvgIpc) is 2.61. The number of nitriles is 1. The van der Waals surface area contributed by atoms with Crippen LogP contribution >= 0.6 is 0 Å². The van der Waals surface area contributed by atoms with Gasteiger partial charge in [-0.2, -0.15) is 5.26 Å². The number of nitrogens with one attached hydrogen (secondary N) is 2. The lowest BCUT2D eigenvalue weighted by atomic mass is 10.2. The van der Waals surface area contributed by atoms with Crippen molar-refractivity contribution in [1.29, 1.82) is 5.26 Å². The standard InChI is InChI=1S/C14H26N4O2/c1-14(2,3)20-13(19)17-7-5-12(11-15)18-9-4-6-16-8-10-18/h12,16H,4-10H2,1-3H3,(H,17,19). The molecule has 0 aromatic rings. The minimum absolute atomic E-state index is 0.148. The van der Waals surface area contributed by atoms with E-state index in [1.807, 2.05) is 20.8 Å². The summed E-state index contributed by atoms with van der Waals surface area (Å²) in [6.45, 7) is 9.67. The molecule has 0 spiro atoms. The summed E-state index contributed by atoms with van der Waals surface area (Å²) in [5.41, 5.74) is -0.491. The predicted molar refractivity (Wildman–Crippen MR) is 77.3 cm³/mol. The Hall–Kier alpha value is -1.32. The monoisotopic (exact) mass is 282 g/mol. The summed E-state index contributed by atoms with van der Waals surface area (Å²) in [4.78, 5) is 13.7. The van der Waals surface area contributed by atoms with Crippen molar-refractivity contribution >= 4 is 6.09 Å². The molecular weight excluding hydrogens is 256 g/mol. The second-order valence-electron chi connectivity index (χ2n) is 6.00. The zero-order valence-electron chi connectivity index (χ0n) is 12.7. The highest BCUT2D eigenvalue weighted by atomic mass is 16.6. The molecule has 1 atom stereocenters. The van der Waals surface area contributed by atoms with Crippen molar-refractivity contribution in [3.8, 4) is 6.07 Å². The Labute approximate surface area is 121 Å². The number of hydrogen-bond donors (Lipinski definition) is 2. The molecule has 1 fully saturated rings. The molecule has 114 valence electrons. The first-order chi connectivity index (χ1) is 9.42. The summed E-state index contributed by atoms with van der Waals surface area (Å²) in [5.74, 6) is 0. The first kappa shape index (κ1) is 16.7. The maximum Gasteiger partial charge on any atom is 0.407 e. The molecular formula is C14H26N4O2. The second kappa shape index (κ2) is 8.08. The first-order valence-corrected chi connectivity index (χ1v) is 7.23. The van der Waals surface area contributed by atoms with Crippen LogP contribution in [0.4, 0.5) is 4.79 Å². The minimum Gasteiger partial charge on any atom is -0.444 e. The van der Waals surface area contributed by atoms with Crippen LogP contribution in [0.2, 0.25) is 0 Å². The fraction of sp³-hybridized carbons (Fsp3) is 0.857. The highest BCUT2D eigenvalue weighted by molar-refractivity contribution is 5.67. The number of carbonyl (C=O) groups is 1. The number of rotatable bonds is 4. The molecule has 1 saturated heterocycles. The molecule has 1 unspecified atom stereocenters. The maximum absolute atomic E-state index is 11.5. The molecule has 6 nitrogen and oxygen atoms in total. The van der Waals surface area contributed by atoms with Crippen molar-refractivity contribution in [3.63, 3.8) is 0 Å². The molecule has 1 rings (SSSR count). The van der Waals surface area contributed by atoms with E-state index in [1.54, 1.807) is 0 Å². The van der Waals surface area contributed by atoms with Gasteiger partial charge in [0, 0.05) is 26.2 Å².